The molecule has 0 aliphatic rings. The SMILES string of the molecule is Cc1ccc(C(c2cc(-c3ccc(OC(=O)OCC(C)(C)C)cc3)ccc2OC(=O)OC(C)(C)C)c2cc(-c3ccc(OC(=O)OC(C)(C)C)cc3)ccc2OC(=O)OC(C)(C)C)cc1. The van der Waals surface area contributed by atoms with Gasteiger partial charge in [0.2, 0.25) is 0 Å². The van der Waals surface area contributed by atoms with Crippen LogP contribution in [0.15, 0.2) is 109 Å². The third-order valence-electron chi connectivity index (χ3n) is 9.01. The highest BCUT2D eigenvalue weighted by Gasteiger charge is 2.30. The van der Waals surface area contributed by atoms with E-state index in [4.69, 9.17) is 37.9 Å². The molecule has 1 unspecified atom stereocenters. The van der Waals surface area contributed by atoms with E-state index in [9.17, 15) is 19.2 Å². The van der Waals surface area contributed by atoms with Crippen LogP contribution in [0.5, 0.6) is 23.0 Å². The number of carbonyl (C=O) groups is 4. The molecule has 0 fully saturated rings. The largest absolute Gasteiger partial charge is 0.514 e. The lowest BCUT2D eigenvalue weighted by Gasteiger charge is -2.26. The molecule has 5 rings (SSSR count). The van der Waals surface area contributed by atoms with E-state index < -0.39 is 47.3 Å². The van der Waals surface area contributed by atoms with E-state index in [1.54, 1.807) is 135 Å². The first kappa shape index (κ1) is 49.2. The summed E-state index contributed by atoms with van der Waals surface area (Å²) in [5, 5.41) is 0. The Bertz CT molecular complexity index is 2460. The van der Waals surface area contributed by atoms with Gasteiger partial charge in [-0.15, -0.1) is 0 Å². The summed E-state index contributed by atoms with van der Waals surface area (Å²) in [6.45, 7) is 23.7. The average molecular weight is 889 g/mol. The lowest BCUT2D eigenvalue weighted by atomic mass is 9.81. The molecule has 0 aliphatic carbocycles. The molecule has 344 valence electrons. The van der Waals surface area contributed by atoms with Gasteiger partial charge in [-0.25, -0.2) is 19.2 Å². The van der Waals surface area contributed by atoms with Gasteiger partial charge in [0.25, 0.3) is 0 Å². The zero-order chi connectivity index (χ0) is 47.9. The number of hydrogen-bond acceptors (Lipinski definition) is 12. The van der Waals surface area contributed by atoms with Gasteiger partial charge in [0.05, 0.1) is 6.61 Å². The molecule has 0 heterocycles. The molecule has 0 aliphatic heterocycles. The number of ether oxygens (including phenoxy) is 8. The second kappa shape index (κ2) is 19.9. The maximum atomic E-state index is 13.4. The number of carbonyl (C=O) groups excluding carboxylic acids is 4. The van der Waals surface area contributed by atoms with Crippen LogP contribution in [-0.4, -0.2) is 48.0 Å². The molecule has 0 bridgehead atoms. The van der Waals surface area contributed by atoms with Crippen molar-refractivity contribution < 1.29 is 57.1 Å². The number of aryl methyl sites for hydroxylation is 1. The molecule has 65 heavy (non-hydrogen) atoms. The molecule has 12 heteroatoms. The van der Waals surface area contributed by atoms with Crippen LogP contribution in [0.1, 0.15) is 111 Å². The van der Waals surface area contributed by atoms with E-state index in [1.165, 1.54) is 0 Å². The summed E-state index contributed by atoms with van der Waals surface area (Å²) in [7, 11) is 0. The van der Waals surface area contributed by atoms with E-state index in [0.717, 1.165) is 33.4 Å². The Hall–Kier alpha value is -6.82. The van der Waals surface area contributed by atoms with Gasteiger partial charge in [-0.3, -0.25) is 0 Å². The first-order valence-corrected chi connectivity index (χ1v) is 21.3. The number of hydrogen-bond donors (Lipinski definition) is 0. The molecule has 0 saturated heterocycles. The van der Waals surface area contributed by atoms with E-state index in [2.05, 4.69) is 0 Å². The topological polar surface area (TPSA) is 142 Å². The Morgan fingerprint density at radius 1 is 0.431 bits per heavy atom. The third-order valence-corrected chi connectivity index (χ3v) is 9.01. The molecule has 12 nitrogen and oxygen atoms in total. The number of rotatable bonds is 10. The quantitative estimate of drug-likeness (QED) is 0.0570. The highest BCUT2D eigenvalue weighted by molar-refractivity contribution is 5.75. The second-order valence-corrected chi connectivity index (χ2v) is 19.8. The summed E-state index contributed by atoms with van der Waals surface area (Å²) >= 11 is 0. The van der Waals surface area contributed by atoms with Crippen molar-refractivity contribution in [2.75, 3.05) is 6.61 Å². The Morgan fingerprint density at radius 3 is 1.15 bits per heavy atom. The van der Waals surface area contributed by atoms with E-state index in [0.29, 0.717) is 16.9 Å². The number of benzene rings is 5. The zero-order valence-corrected chi connectivity index (χ0v) is 39.6. The van der Waals surface area contributed by atoms with Crippen LogP contribution in [0.25, 0.3) is 22.3 Å². The van der Waals surface area contributed by atoms with Crippen molar-refractivity contribution in [2.24, 2.45) is 5.41 Å². The van der Waals surface area contributed by atoms with Gasteiger partial charge in [-0.1, -0.05) is 87.0 Å². The molecule has 0 aromatic heterocycles. The molecule has 0 saturated carbocycles. The van der Waals surface area contributed by atoms with E-state index in [-0.39, 0.29) is 29.3 Å². The van der Waals surface area contributed by atoms with Crippen LogP contribution < -0.4 is 18.9 Å². The lowest BCUT2D eigenvalue weighted by Crippen LogP contribution is -2.26. The smallest absolute Gasteiger partial charge is 0.433 e. The Balaban J connectivity index is 1.68. The standard InChI is InChI=1S/C53H60O12/c1-33-14-16-36(17-15-33)45(42-31-38(23-29-44(42)62-49(57)65-53(11,12)13)35-20-26-40(27-21-35)60-47(55)63-51(5,6)7)41-30-37(22-28-43(41)61-48(56)64-52(8,9)10)34-18-24-39(25-19-34)59-46(54)58-32-50(2,3)4/h14-31,45H,32H2,1-13H3. The molecular formula is C53H60O12. The van der Waals surface area contributed by atoms with Crippen molar-refractivity contribution in [3.05, 3.63) is 131 Å². The molecule has 0 N–H and O–H groups in total. The summed E-state index contributed by atoms with van der Waals surface area (Å²) in [6.07, 6.45) is -3.47. The minimum atomic E-state index is -0.915. The Kier molecular flexibility index (Phi) is 15.1. The van der Waals surface area contributed by atoms with Gasteiger partial charge >= 0.3 is 24.6 Å². The minimum Gasteiger partial charge on any atom is -0.433 e. The van der Waals surface area contributed by atoms with Gasteiger partial charge in [-0.2, -0.15) is 0 Å². The fraction of sp³-hybridized carbons (Fsp3) is 0.358. The Labute approximate surface area is 382 Å². The highest BCUT2D eigenvalue weighted by atomic mass is 16.7. The first-order valence-electron chi connectivity index (χ1n) is 21.3. The van der Waals surface area contributed by atoms with E-state index in [1.807, 2.05) is 64.1 Å². The average Bonchev–Trinajstić information content (AvgIpc) is 3.17. The Morgan fingerprint density at radius 2 is 0.785 bits per heavy atom. The first-order chi connectivity index (χ1) is 30.2. The van der Waals surface area contributed by atoms with Crippen LogP contribution in [0.4, 0.5) is 19.2 Å². The van der Waals surface area contributed by atoms with Crippen LogP contribution in [0, 0.1) is 12.3 Å². The fourth-order valence-electron chi connectivity index (χ4n) is 6.30. The molecular weight excluding hydrogens is 829 g/mol. The fourth-order valence-corrected chi connectivity index (χ4v) is 6.30. The highest BCUT2D eigenvalue weighted by Crippen LogP contribution is 2.45. The minimum absolute atomic E-state index is 0.187. The summed E-state index contributed by atoms with van der Waals surface area (Å²) in [5.74, 6) is 0.201. The molecule has 5 aromatic carbocycles. The van der Waals surface area contributed by atoms with Gasteiger partial charge in [0, 0.05) is 17.0 Å². The van der Waals surface area contributed by atoms with Crippen LogP contribution in [-0.2, 0) is 18.9 Å². The van der Waals surface area contributed by atoms with Crippen molar-refractivity contribution in [1.29, 1.82) is 0 Å². The van der Waals surface area contributed by atoms with Crippen LogP contribution in [0.2, 0.25) is 0 Å². The molecule has 1 atom stereocenters. The third kappa shape index (κ3) is 15.4. The normalized spacial score (nSPS) is 12.3. The van der Waals surface area contributed by atoms with Crippen molar-refractivity contribution in [1.82, 2.24) is 0 Å². The van der Waals surface area contributed by atoms with Gasteiger partial charge < -0.3 is 37.9 Å². The monoisotopic (exact) mass is 888 g/mol. The predicted molar refractivity (Wildman–Crippen MR) is 248 cm³/mol. The second-order valence-electron chi connectivity index (χ2n) is 19.8. The van der Waals surface area contributed by atoms with Gasteiger partial charge in [-0.05, 0) is 151 Å². The van der Waals surface area contributed by atoms with Crippen molar-refractivity contribution in [3.63, 3.8) is 0 Å². The summed E-state index contributed by atoms with van der Waals surface area (Å²) < 4.78 is 44.8. The van der Waals surface area contributed by atoms with Crippen molar-refractivity contribution in [3.8, 4) is 45.3 Å². The molecule has 0 radical (unpaired) electrons. The zero-order valence-electron chi connectivity index (χ0n) is 39.6. The van der Waals surface area contributed by atoms with Gasteiger partial charge in [0.15, 0.2) is 0 Å². The predicted octanol–water partition coefficient (Wildman–Crippen LogP) is 14.0. The maximum Gasteiger partial charge on any atom is 0.514 e. The van der Waals surface area contributed by atoms with Crippen molar-refractivity contribution >= 4 is 24.6 Å². The van der Waals surface area contributed by atoms with Crippen LogP contribution >= 0.6 is 0 Å². The molecule has 5 aromatic rings. The maximum absolute atomic E-state index is 13.4. The molecule has 0 amide bonds. The molecule has 0 spiro atoms. The lowest BCUT2D eigenvalue weighted by molar-refractivity contribution is 0.0191. The summed E-state index contributed by atoms with van der Waals surface area (Å²) in [4.78, 5) is 51.7. The van der Waals surface area contributed by atoms with Crippen molar-refractivity contribution in [2.45, 2.75) is 113 Å². The summed E-state index contributed by atoms with van der Waals surface area (Å²) in [6, 6.07) is 32.4. The van der Waals surface area contributed by atoms with Gasteiger partial charge in [0.1, 0.15) is 39.8 Å². The van der Waals surface area contributed by atoms with Crippen LogP contribution in [0.3, 0.4) is 0 Å². The van der Waals surface area contributed by atoms with E-state index >= 15 is 0 Å². The summed E-state index contributed by atoms with van der Waals surface area (Å²) in [5.41, 5.74) is 3.09.